The Morgan fingerprint density at radius 2 is 2.06 bits per heavy atom. The maximum atomic E-state index is 5.87. The molecule has 2 unspecified atom stereocenters. The number of nitrogens with zero attached hydrogens (tertiary/aromatic N) is 1. The smallest absolute Gasteiger partial charge is 0.0404 e. The van der Waals surface area contributed by atoms with Gasteiger partial charge in [0.2, 0.25) is 0 Å². The molecule has 1 aliphatic rings. The van der Waals surface area contributed by atoms with Crippen molar-refractivity contribution in [2.45, 2.75) is 52.1 Å². The number of anilines is 1. The number of nitrogens with two attached hydrogens (primary N) is 1. The van der Waals surface area contributed by atoms with Crippen molar-refractivity contribution in [2.75, 3.05) is 11.4 Å². The van der Waals surface area contributed by atoms with Crippen LogP contribution in [0.4, 0.5) is 5.69 Å². The largest absolute Gasteiger partial charge is 0.368 e. The molecular weight excluding hydrogens is 208 g/mol. The van der Waals surface area contributed by atoms with Gasteiger partial charge in [-0.1, -0.05) is 19.1 Å². The van der Waals surface area contributed by atoms with Crippen LogP contribution in [0.5, 0.6) is 0 Å². The van der Waals surface area contributed by atoms with Gasteiger partial charge < -0.3 is 10.6 Å². The van der Waals surface area contributed by atoms with Crippen LogP contribution in [0.1, 0.15) is 44.7 Å². The Kier molecular flexibility index (Phi) is 3.43. The van der Waals surface area contributed by atoms with Gasteiger partial charge in [0.15, 0.2) is 0 Å². The Hall–Kier alpha value is -1.02. The minimum Gasteiger partial charge on any atom is -0.368 e. The van der Waals surface area contributed by atoms with E-state index in [1.54, 1.807) is 0 Å². The van der Waals surface area contributed by atoms with Gasteiger partial charge >= 0.3 is 0 Å². The molecule has 0 aromatic heterocycles. The van der Waals surface area contributed by atoms with Gasteiger partial charge in [0, 0.05) is 30.2 Å². The SMILES string of the molecule is CC(N)Cc1ccc2c(c1)C(C)CN2C(C)C. The molecule has 0 fully saturated rings. The Balaban J connectivity index is 2.30. The number of hydrogen-bond acceptors (Lipinski definition) is 2. The predicted molar refractivity (Wildman–Crippen MR) is 74.7 cm³/mol. The van der Waals surface area contributed by atoms with E-state index >= 15 is 0 Å². The van der Waals surface area contributed by atoms with Crippen LogP contribution in [-0.2, 0) is 6.42 Å². The highest BCUT2D eigenvalue weighted by Gasteiger charge is 2.27. The third kappa shape index (κ3) is 2.47. The number of hydrogen-bond donors (Lipinski definition) is 1. The summed E-state index contributed by atoms with van der Waals surface area (Å²) in [7, 11) is 0. The lowest BCUT2D eigenvalue weighted by atomic mass is 9.98. The van der Waals surface area contributed by atoms with Gasteiger partial charge in [-0.15, -0.1) is 0 Å². The molecule has 2 nitrogen and oxygen atoms in total. The molecule has 17 heavy (non-hydrogen) atoms. The van der Waals surface area contributed by atoms with Crippen LogP contribution in [0.15, 0.2) is 18.2 Å². The van der Waals surface area contributed by atoms with Gasteiger partial charge in [0.1, 0.15) is 0 Å². The molecule has 2 heteroatoms. The molecule has 0 spiro atoms. The van der Waals surface area contributed by atoms with Gasteiger partial charge in [-0.3, -0.25) is 0 Å². The van der Waals surface area contributed by atoms with E-state index in [2.05, 4.69) is 50.8 Å². The summed E-state index contributed by atoms with van der Waals surface area (Å²) in [5.41, 5.74) is 10.2. The molecule has 1 heterocycles. The lowest BCUT2D eigenvalue weighted by molar-refractivity contribution is 0.670. The second-order valence-electron chi connectivity index (χ2n) is 5.72. The second-order valence-corrected chi connectivity index (χ2v) is 5.72. The molecule has 1 aromatic carbocycles. The highest BCUT2D eigenvalue weighted by molar-refractivity contribution is 5.61. The minimum atomic E-state index is 0.242. The van der Waals surface area contributed by atoms with E-state index in [0.717, 1.165) is 13.0 Å². The van der Waals surface area contributed by atoms with Crippen molar-refractivity contribution in [1.82, 2.24) is 0 Å². The summed E-state index contributed by atoms with van der Waals surface area (Å²) in [6.07, 6.45) is 0.974. The topological polar surface area (TPSA) is 29.3 Å². The molecule has 0 saturated carbocycles. The fourth-order valence-corrected chi connectivity index (χ4v) is 2.74. The maximum absolute atomic E-state index is 5.87. The van der Waals surface area contributed by atoms with Crippen molar-refractivity contribution in [3.63, 3.8) is 0 Å². The summed E-state index contributed by atoms with van der Waals surface area (Å²) in [6.45, 7) is 10.1. The molecule has 1 aromatic rings. The molecule has 2 N–H and O–H groups in total. The highest BCUT2D eigenvalue weighted by atomic mass is 15.2. The third-order valence-electron chi connectivity index (χ3n) is 3.58. The van der Waals surface area contributed by atoms with Crippen molar-refractivity contribution in [3.8, 4) is 0 Å². The summed E-state index contributed by atoms with van der Waals surface area (Å²) in [5.74, 6) is 0.639. The first kappa shape index (κ1) is 12.4. The lowest BCUT2D eigenvalue weighted by Gasteiger charge is -2.24. The summed E-state index contributed by atoms with van der Waals surface area (Å²) in [4.78, 5) is 2.50. The van der Waals surface area contributed by atoms with Gasteiger partial charge in [0.05, 0.1) is 0 Å². The van der Waals surface area contributed by atoms with Crippen molar-refractivity contribution < 1.29 is 0 Å². The zero-order valence-corrected chi connectivity index (χ0v) is 11.4. The summed E-state index contributed by atoms with van der Waals surface area (Å²) in [6, 6.07) is 7.68. The van der Waals surface area contributed by atoms with E-state index in [1.165, 1.54) is 16.8 Å². The number of benzene rings is 1. The van der Waals surface area contributed by atoms with Gasteiger partial charge in [0.25, 0.3) is 0 Å². The normalized spacial score (nSPS) is 20.8. The first-order valence-electron chi connectivity index (χ1n) is 6.64. The van der Waals surface area contributed by atoms with E-state index in [0.29, 0.717) is 12.0 Å². The van der Waals surface area contributed by atoms with Crippen LogP contribution in [0, 0.1) is 0 Å². The molecule has 0 saturated heterocycles. The molecule has 0 bridgehead atoms. The van der Waals surface area contributed by atoms with Crippen molar-refractivity contribution in [3.05, 3.63) is 29.3 Å². The quantitative estimate of drug-likeness (QED) is 0.868. The van der Waals surface area contributed by atoms with Crippen LogP contribution in [0.3, 0.4) is 0 Å². The standard InChI is InChI=1S/C15H24N2/c1-10(2)17-9-11(3)14-8-13(7-12(4)16)5-6-15(14)17/h5-6,8,10-12H,7,9,16H2,1-4H3. The second kappa shape index (κ2) is 4.69. The Morgan fingerprint density at radius 3 is 2.65 bits per heavy atom. The van der Waals surface area contributed by atoms with Crippen LogP contribution >= 0.6 is 0 Å². The average Bonchev–Trinajstić information content (AvgIpc) is 2.55. The average molecular weight is 232 g/mol. The highest BCUT2D eigenvalue weighted by Crippen LogP contribution is 2.37. The fourth-order valence-electron chi connectivity index (χ4n) is 2.74. The van der Waals surface area contributed by atoms with E-state index in [4.69, 9.17) is 5.73 Å². The van der Waals surface area contributed by atoms with Gasteiger partial charge in [-0.2, -0.15) is 0 Å². The predicted octanol–water partition coefficient (Wildman–Crippen LogP) is 2.91. The zero-order valence-electron chi connectivity index (χ0n) is 11.4. The Morgan fingerprint density at radius 1 is 1.35 bits per heavy atom. The molecule has 0 aliphatic carbocycles. The van der Waals surface area contributed by atoms with E-state index < -0.39 is 0 Å². The van der Waals surface area contributed by atoms with Crippen LogP contribution in [0.2, 0.25) is 0 Å². The molecule has 2 rings (SSSR count). The molecule has 0 amide bonds. The number of fused-ring (bicyclic) bond motifs is 1. The minimum absolute atomic E-state index is 0.242. The molecule has 2 atom stereocenters. The first-order chi connectivity index (χ1) is 7.99. The molecule has 94 valence electrons. The van der Waals surface area contributed by atoms with Gasteiger partial charge in [-0.25, -0.2) is 0 Å². The molecule has 0 radical (unpaired) electrons. The van der Waals surface area contributed by atoms with E-state index in [-0.39, 0.29) is 6.04 Å². The monoisotopic (exact) mass is 232 g/mol. The van der Waals surface area contributed by atoms with Crippen molar-refractivity contribution in [2.24, 2.45) is 5.73 Å². The fraction of sp³-hybridized carbons (Fsp3) is 0.600. The Bertz CT molecular complexity index is 396. The Labute approximate surface area is 105 Å². The molecular formula is C15H24N2. The van der Waals surface area contributed by atoms with Crippen LogP contribution in [-0.4, -0.2) is 18.6 Å². The van der Waals surface area contributed by atoms with Crippen LogP contribution < -0.4 is 10.6 Å². The lowest BCUT2D eigenvalue weighted by Crippen LogP contribution is -2.28. The van der Waals surface area contributed by atoms with Crippen molar-refractivity contribution in [1.29, 1.82) is 0 Å². The summed E-state index contributed by atoms with van der Waals surface area (Å²) in [5, 5.41) is 0. The van der Waals surface area contributed by atoms with Crippen molar-refractivity contribution >= 4 is 5.69 Å². The first-order valence-corrected chi connectivity index (χ1v) is 6.64. The summed E-state index contributed by atoms with van der Waals surface area (Å²) >= 11 is 0. The van der Waals surface area contributed by atoms with Crippen LogP contribution in [0.25, 0.3) is 0 Å². The summed E-state index contributed by atoms with van der Waals surface area (Å²) < 4.78 is 0. The molecule has 1 aliphatic heterocycles. The van der Waals surface area contributed by atoms with Gasteiger partial charge in [-0.05, 0) is 44.4 Å². The third-order valence-corrected chi connectivity index (χ3v) is 3.58. The maximum Gasteiger partial charge on any atom is 0.0404 e. The van der Waals surface area contributed by atoms with E-state index in [9.17, 15) is 0 Å². The number of rotatable bonds is 3. The van der Waals surface area contributed by atoms with E-state index in [1.807, 2.05) is 0 Å². The zero-order chi connectivity index (χ0) is 12.6.